The SMILES string of the molecule is CC(=O)Oc1cccc(I)c1. The molecule has 0 amide bonds. The van der Waals surface area contributed by atoms with E-state index in [1.807, 2.05) is 18.2 Å². The maximum atomic E-state index is 10.5. The third-order valence-corrected chi connectivity index (χ3v) is 1.73. The van der Waals surface area contributed by atoms with E-state index in [9.17, 15) is 4.79 Å². The summed E-state index contributed by atoms with van der Waals surface area (Å²) in [4.78, 5) is 10.5. The van der Waals surface area contributed by atoms with E-state index in [1.54, 1.807) is 6.07 Å². The van der Waals surface area contributed by atoms with E-state index >= 15 is 0 Å². The largest absolute Gasteiger partial charge is 0.427 e. The van der Waals surface area contributed by atoms with Crippen LogP contribution in [0.3, 0.4) is 0 Å². The maximum absolute atomic E-state index is 10.5. The van der Waals surface area contributed by atoms with Gasteiger partial charge < -0.3 is 4.74 Å². The highest BCUT2D eigenvalue weighted by molar-refractivity contribution is 14.1. The lowest BCUT2D eigenvalue weighted by Crippen LogP contribution is -2.00. The van der Waals surface area contributed by atoms with Crippen LogP contribution in [0, 0.1) is 3.57 Å². The highest BCUT2D eigenvalue weighted by Gasteiger charge is 1.96. The van der Waals surface area contributed by atoms with Gasteiger partial charge in [-0.2, -0.15) is 0 Å². The second-order valence-electron chi connectivity index (χ2n) is 2.05. The normalized spacial score (nSPS) is 9.27. The van der Waals surface area contributed by atoms with Crippen LogP contribution in [0.5, 0.6) is 5.75 Å². The van der Waals surface area contributed by atoms with Gasteiger partial charge in [0.1, 0.15) is 5.75 Å². The minimum Gasteiger partial charge on any atom is -0.427 e. The van der Waals surface area contributed by atoms with Crippen LogP contribution < -0.4 is 4.74 Å². The van der Waals surface area contributed by atoms with E-state index in [0.29, 0.717) is 5.75 Å². The molecule has 58 valence electrons. The molecular formula is C8H7IO2. The zero-order valence-corrected chi connectivity index (χ0v) is 8.16. The number of hydrogen-bond acceptors (Lipinski definition) is 2. The summed E-state index contributed by atoms with van der Waals surface area (Å²) < 4.78 is 5.91. The molecular weight excluding hydrogens is 255 g/mol. The number of benzene rings is 1. The van der Waals surface area contributed by atoms with Gasteiger partial charge in [-0.25, -0.2) is 0 Å². The van der Waals surface area contributed by atoms with Crippen molar-refractivity contribution in [3.8, 4) is 5.75 Å². The molecule has 1 aromatic carbocycles. The Labute approximate surface area is 78.7 Å². The minimum atomic E-state index is -0.285. The van der Waals surface area contributed by atoms with Crippen molar-refractivity contribution in [2.75, 3.05) is 0 Å². The number of hydrogen-bond donors (Lipinski definition) is 0. The summed E-state index contributed by atoms with van der Waals surface area (Å²) in [5, 5.41) is 0. The van der Waals surface area contributed by atoms with Crippen LogP contribution in [-0.2, 0) is 4.79 Å². The average Bonchev–Trinajstić information content (AvgIpc) is 1.85. The molecule has 0 aliphatic rings. The Morgan fingerprint density at radius 2 is 2.27 bits per heavy atom. The van der Waals surface area contributed by atoms with Crippen molar-refractivity contribution in [1.82, 2.24) is 0 Å². The van der Waals surface area contributed by atoms with E-state index < -0.39 is 0 Å². The molecule has 0 aliphatic heterocycles. The van der Waals surface area contributed by atoms with Crippen LogP contribution in [0.1, 0.15) is 6.92 Å². The quantitative estimate of drug-likeness (QED) is 0.440. The summed E-state index contributed by atoms with van der Waals surface area (Å²) in [6, 6.07) is 7.35. The van der Waals surface area contributed by atoms with Gasteiger partial charge in [-0.15, -0.1) is 0 Å². The maximum Gasteiger partial charge on any atom is 0.308 e. The fraction of sp³-hybridized carbons (Fsp3) is 0.125. The zero-order chi connectivity index (χ0) is 8.27. The highest BCUT2D eigenvalue weighted by Crippen LogP contribution is 2.14. The van der Waals surface area contributed by atoms with Crippen molar-refractivity contribution in [1.29, 1.82) is 0 Å². The lowest BCUT2D eigenvalue weighted by atomic mass is 10.3. The van der Waals surface area contributed by atoms with Crippen LogP contribution in [0.4, 0.5) is 0 Å². The van der Waals surface area contributed by atoms with Gasteiger partial charge in [-0.1, -0.05) is 6.07 Å². The summed E-state index contributed by atoms with van der Waals surface area (Å²) in [5.41, 5.74) is 0. The number of esters is 1. The smallest absolute Gasteiger partial charge is 0.308 e. The topological polar surface area (TPSA) is 26.3 Å². The second kappa shape index (κ2) is 3.71. The van der Waals surface area contributed by atoms with Crippen molar-refractivity contribution in [2.24, 2.45) is 0 Å². The summed E-state index contributed by atoms with van der Waals surface area (Å²) in [6.07, 6.45) is 0. The Bertz CT molecular complexity index is 271. The molecule has 0 fully saturated rings. The Morgan fingerprint density at radius 3 is 2.82 bits per heavy atom. The number of rotatable bonds is 1. The predicted molar refractivity (Wildman–Crippen MR) is 50.5 cm³/mol. The summed E-state index contributed by atoms with van der Waals surface area (Å²) in [5.74, 6) is 0.316. The number of halogens is 1. The molecule has 0 aromatic heterocycles. The van der Waals surface area contributed by atoms with Crippen molar-refractivity contribution < 1.29 is 9.53 Å². The Balaban J connectivity index is 2.79. The second-order valence-corrected chi connectivity index (χ2v) is 3.30. The lowest BCUT2D eigenvalue weighted by molar-refractivity contribution is -0.131. The van der Waals surface area contributed by atoms with Gasteiger partial charge >= 0.3 is 5.97 Å². The molecule has 0 bridgehead atoms. The van der Waals surface area contributed by atoms with E-state index in [4.69, 9.17) is 4.74 Å². The van der Waals surface area contributed by atoms with Gasteiger partial charge in [-0.3, -0.25) is 4.79 Å². The van der Waals surface area contributed by atoms with E-state index in [-0.39, 0.29) is 5.97 Å². The fourth-order valence-electron chi connectivity index (χ4n) is 0.696. The van der Waals surface area contributed by atoms with Crippen LogP contribution in [0.2, 0.25) is 0 Å². The molecule has 0 atom stereocenters. The molecule has 0 saturated carbocycles. The third kappa shape index (κ3) is 2.88. The first-order valence-electron chi connectivity index (χ1n) is 3.12. The fourth-order valence-corrected chi connectivity index (χ4v) is 1.21. The molecule has 0 spiro atoms. The predicted octanol–water partition coefficient (Wildman–Crippen LogP) is 2.22. The Morgan fingerprint density at radius 1 is 1.55 bits per heavy atom. The first-order chi connectivity index (χ1) is 5.18. The average molecular weight is 262 g/mol. The molecule has 0 unspecified atom stereocenters. The lowest BCUT2D eigenvalue weighted by Gasteiger charge is -1.99. The molecule has 0 N–H and O–H groups in total. The Kier molecular flexibility index (Phi) is 2.87. The van der Waals surface area contributed by atoms with Crippen molar-refractivity contribution >= 4 is 28.6 Å². The van der Waals surface area contributed by atoms with Crippen LogP contribution >= 0.6 is 22.6 Å². The van der Waals surface area contributed by atoms with Gasteiger partial charge in [0.05, 0.1) is 0 Å². The van der Waals surface area contributed by atoms with Gasteiger partial charge in [-0.05, 0) is 40.8 Å². The molecule has 3 heteroatoms. The van der Waals surface area contributed by atoms with Crippen molar-refractivity contribution in [3.63, 3.8) is 0 Å². The number of carbonyl (C=O) groups excluding carboxylic acids is 1. The first-order valence-corrected chi connectivity index (χ1v) is 4.20. The van der Waals surface area contributed by atoms with E-state index in [2.05, 4.69) is 22.6 Å². The van der Waals surface area contributed by atoms with Crippen molar-refractivity contribution in [3.05, 3.63) is 27.8 Å². The van der Waals surface area contributed by atoms with Gasteiger partial charge in [0.15, 0.2) is 0 Å². The molecule has 0 heterocycles. The first kappa shape index (κ1) is 8.52. The van der Waals surface area contributed by atoms with Gasteiger partial charge in [0, 0.05) is 10.5 Å². The van der Waals surface area contributed by atoms with Crippen LogP contribution in [0.25, 0.3) is 0 Å². The molecule has 0 aliphatic carbocycles. The van der Waals surface area contributed by atoms with Crippen LogP contribution in [0.15, 0.2) is 24.3 Å². The summed E-state index contributed by atoms with van der Waals surface area (Å²) in [6.45, 7) is 1.39. The molecule has 0 saturated heterocycles. The monoisotopic (exact) mass is 262 g/mol. The highest BCUT2D eigenvalue weighted by atomic mass is 127. The summed E-state index contributed by atoms with van der Waals surface area (Å²) >= 11 is 2.16. The minimum absolute atomic E-state index is 0.285. The van der Waals surface area contributed by atoms with Crippen LogP contribution in [-0.4, -0.2) is 5.97 Å². The van der Waals surface area contributed by atoms with Gasteiger partial charge in [0.2, 0.25) is 0 Å². The zero-order valence-electron chi connectivity index (χ0n) is 6.00. The molecule has 0 radical (unpaired) electrons. The molecule has 11 heavy (non-hydrogen) atoms. The molecule has 2 nitrogen and oxygen atoms in total. The molecule has 1 aromatic rings. The van der Waals surface area contributed by atoms with E-state index in [1.165, 1.54) is 6.92 Å². The number of carbonyl (C=O) groups is 1. The third-order valence-electron chi connectivity index (χ3n) is 1.06. The molecule has 1 rings (SSSR count). The van der Waals surface area contributed by atoms with E-state index in [0.717, 1.165) is 3.57 Å². The number of ether oxygens (including phenoxy) is 1. The van der Waals surface area contributed by atoms with Gasteiger partial charge in [0.25, 0.3) is 0 Å². The summed E-state index contributed by atoms with van der Waals surface area (Å²) in [7, 11) is 0. The standard InChI is InChI=1S/C8H7IO2/c1-6(10)11-8-4-2-3-7(9)5-8/h2-5H,1H3. The van der Waals surface area contributed by atoms with Crippen molar-refractivity contribution in [2.45, 2.75) is 6.92 Å². The Hall–Kier alpha value is -0.580.